The Morgan fingerprint density at radius 2 is 2.04 bits per heavy atom. The number of hydrogen-bond donors (Lipinski definition) is 5. The van der Waals surface area contributed by atoms with Gasteiger partial charge in [-0.3, -0.25) is 14.0 Å². The van der Waals surface area contributed by atoms with Gasteiger partial charge in [0.2, 0.25) is 5.85 Å². The zero-order chi connectivity index (χ0) is 19.8. The first-order valence-electron chi connectivity index (χ1n) is 8.07. The highest BCUT2D eigenvalue weighted by atomic mass is 31.2. The van der Waals surface area contributed by atoms with Crippen LogP contribution in [0.5, 0.6) is 0 Å². The van der Waals surface area contributed by atoms with Gasteiger partial charge in [-0.15, -0.1) is 0 Å². The summed E-state index contributed by atoms with van der Waals surface area (Å²) in [5.41, 5.74) is 4.69. The van der Waals surface area contributed by atoms with Crippen molar-refractivity contribution < 1.29 is 38.6 Å². The second kappa shape index (κ2) is 7.54. The SMILES string of the molecule is Nc1ccn([C@]2(N3CCOCC3)O[C@H](COP(=O)(O)O)[C@@H](O)[C@H]2O)c(=O)n1. The molecule has 4 atom stereocenters. The van der Waals surface area contributed by atoms with E-state index >= 15 is 0 Å². The molecule has 2 aliphatic heterocycles. The van der Waals surface area contributed by atoms with Gasteiger partial charge in [0, 0.05) is 19.3 Å². The van der Waals surface area contributed by atoms with Crippen molar-refractivity contribution in [2.75, 3.05) is 38.6 Å². The Morgan fingerprint density at radius 1 is 1.37 bits per heavy atom. The Kier molecular flexibility index (Phi) is 5.68. The molecule has 27 heavy (non-hydrogen) atoms. The monoisotopic (exact) mass is 408 g/mol. The van der Waals surface area contributed by atoms with Crippen molar-refractivity contribution in [2.45, 2.75) is 24.2 Å². The lowest BCUT2D eigenvalue weighted by Crippen LogP contribution is -2.63. The zero-order valence-corrected chi connectivity index (χ0v) is 15.0. The molecule has 2 saturated heterocycles. The number of phosphoric acid groups is 1. The van der Waals surface area contributed by atoms with Crippen LogP contribution in [0.4, 0.5) is 5.82 Å². The molecule has 1 aromatic rings. The number of morpholine rings is 1. The van der Waals surface area contributed by atoms with Gasteiger partial charge in [-0.25, -0.2) is 9.36 Å². The van der Waals surface area contributed by atoms with Crippen LogP contribution in [-0.2, 0) is 24.4 Å². The first-order chi connectivity index (χ1) is 12.6. The van der Waals surface area contributed by atoms with Crippen LogP contribution >= 0.6 is 7.82 Å². The Bertz CT molecular complexity index is 779. The molecule has 2 aliphatic rings. The van der Waals surface area contributed by atoms with Crippen LogP contribution in [0.2, 0.25) is 0 Å². The molecule has 0 spiro atoms. The molecule has 0 unspecified atom stereocenters. The van der Waals surface area contributed by atoms with Gasteiger partial charge >= 0.3 is 13.5 Å². The van der Waals surface area contributed by atoms with Crippen molar-refractivity contribution in [1.29, 1.82) is 0 Å². The van der Waals surface area contributed by atoms with Crippen LogP contribution in [0.1, 0.15) is 0 Å². The molecular formula is C13H21N4O9P. The highest BCUT2D eigenvalue weighted by molar-refractivity contribution is 7.46. The van der Waals surface area contributed by atoms with E-state index in [0.717, 1.165) is 4.57 Å². The summed E-state index contributed by atoms with van der Waals surface area (Å²) < 4.78 is 27.4. The average molecular weight is 408 g/mol. The van der Waals surface area contributed by atoms with E-state index in [9.17, 15) is 19.6 Å². The predicted molar refractivity (Wildman–Crippen MR) is 88.2 cm³/mol. The number of phosphoric ester groups is 1. The number of hydrogen-bond acceptors (Lipinski definition) is 10. The van der Waals surface area contributed by atoms with Crippen molar-refractivity contribution in [3.8, 4) is 0 Å². The van der Waals surface area contributed by atoms with Crippen molar-refractivity contribution in [2.24, 2.45) is 0 Å². The van der Waals surface area contributed by atoms with Crippen molar-refractivity contribution in [3.63, 3.8) is 0 Å². The lowest BCUT2D eigenvalue weighted by molar-refractivity contribution is -0.258. The minimum Gasteiger partial charge on any atom is -0.387 e. The topological polar surface area (TPSA) is 190 Å². The summed E-state index contributed by atoms with van der Waals surface area (Å²) in [5, 5.41) is 21.2. The summed E-state index contributed by atoms with van der Waals surface area (Å²) in [6, 6.07) is 1.32. The summed E-state index contributed by atoms with van der Waals surface area (Å²) in [6.07, 6.45) is -3.30. The zero-order valence-electron chi connectivity index (χ0n) is 14.1. The average Bonchev–Trinajstić information content (AvgIpc) is 2.86. The number of ether oxygens (including phenoxy) is 2. The molecule has 1 aromatic heterocycles. The molecular weight excluding hydrogens is 387 g/mol. The molecule has 0 aliphatic carbocycles. The Balaban J connectivity index is 2.02. The number of rotatable bonds is 5. The van der Waals surface area contributed by atoms with Crippen LogP contribution in [0.15, 0.2) is 17.1 Å². The highest BCUT2D eigenvalue weighted by Crippen LogP contribution is 2.41. The van der Waals surface area contributed by atoms with Gasteiger partial charge in [0.05, 0.1) is 19.8 Å². The van der Waals surface area contributed by atoms with E-state index in [1.54, 1.807) is 4.90 Å². The lowest BCUT2D eigenvalue weighted by Gasteiger charge is -2.44. The largest absolute Gasteiger partial charge is 0.469 e. The second-order valence-corrected chi connectivity index (χ2v) is 7.38. The first kappa shape index (κ1) is 20.3. The number of aromatic nitrogens is 2. The third-order valence-corrected chi connectivity index (χ3v) is 4.94. The van der Waals surface area contributed by atoms with E-state index in [2.05, 4.69) is 9.51 Å². The lowest BCUT2D eigenvalue weighted by atomic mass is 10.1. The third-order valence-electron chi connectivity index (χ3n) is 4.46. The van der Waals surface area contributed by atoms with Gasteiger partial charge in [-0.2, -0.15) is 4.98 Å². The molecule has 0 saturated carbocycles. The minimum atomic E-state index is -4.83. The summed E-state index contributed by atoms with van der Waals surface area (Å²) in [7, 11) is -4.83. The minimum absolute atomic E-state index is 0.0391. The van der Waals surface area contributed by atoms with Gasteiger partial charge in [0.25, 0.3) is 0 Å². The maximum atomic E-state index is 12.4. The molecule has 6 N–H and O–H groups in total. The standard InChI is InChI=1S/C13H21N4O9P/c14-9-1-2-17(12(20)15-9)13(16-3-5-24-6-4-16)11(19)10(18)8(26-13)7-25-27(21,22)23/h1-2,8,10-11,18-19H,3-7H2,(H2,14,15,20)(H2,21,22,23)/t8-,10-,11-,13+/m1/s1. The molecule has 0 amide bonds. The Hall–Kier alpha value is -1.41. The normalized spacial score (nSPS) is 32.7. The van der Waals surface area contributed by atoms with Crippen LogP contribution in [-0.4, -0.2) is 85.7 Å². The maximum absolute atomic E-state index is 12.4. The van der Waals surface area contributed by atoms with Crippen LogP contribution in [0.3, 0.4) is 0 Å². The van der Waals surface area contributed by atoms with Gasteiger partial charge in [-0.1, -0.05) is 0 Å². The fourth-order valence-electron chi connectivity index (χ4n) is 3.25. The van der Waals surface area contributed by atoms with E-state index in [4.69, 9.17) is 25.0 Å². The van der Waals surface area contributed by atoms with E-state index in [1.807, 2.05) is 0 Å². The molecule has 0 radical (unpaired) electrons. The van der Waals surface area contributed by atoms with Gasteiger partial charge in [0.15, 0.2) is 0 Å². The Labute approximate surface area is 153 Å². The molecule has 2 fully saturated rings. The van der Waals surface area contributed by atoms with Gasteiger partial charge in [-0.05, 0) is 6.07 Å². The summed E-state index contributed by atoms with van der Waals surface area (Å²) in [4.78, 5) is 35.4. The number of anilines is 1. The molecule has 3 heterocycles. The number of aliphatic hydroxyl groups excluding tert-OH is 2. The summed E-state index contributed by atoms with van der Waals surface area (Å²) in [5.74, 6) is -1.91. The quantitative estimate of drug-likeness (QED) is 0.311. The third kappa shape index (κ3) is 3.92. The van der Waals surface area contributed by atoms with Crippen LogP contribution in [0.25, 0.3) is 0 Å². The van der Waals surface area contributed by atoms with Crippen molar-refractivity contribution in [1.82, 2.24) is 14.5 Å². The molecule has 0 aromatic carbocycles. The second-order valence-electron chi connectivity index (χ2n) is 6.14. The van der Waals surface area contributed by atoms with Crippen molar-refractivity contribution in [3.05, 3.63) is 22.7 Å². The summed E-state index contributed by atoms with van der Waals surface area (Å²) in [6.45, 7) is 0.383. The smallest absolute Gasteiger partial charge is 0.387 e. The fourth-order valence-corrected chi connectivity index (χ4v) is 3.59. The fraction of sp³-hybridized carbons (Fsp3) is 0.692. The van der Waals surface area contributed by atoms with E-state index in [1.165, 1.54) is 12.3 Å². The summed E-state index contributed by atoms with van der Waals surface area (Å²) >= 11 is 0. The van der Waals surface area contributed by atoms with Gasteiger partial charge < -0.3 is 35.2 Å². The van der Waals surface area contributed by atoms with Crippen LogP contribution < -0.4 is 11.4 Å². The molecule has 13 nitrogen and oxygen atoms in total. The molecule has 3 rings (SSSR count). The van der Waals surface area contributed by atoms with E-state index < -0.39 is 44.3 Å². The van der Waals surface area contributed by atoms with E-state index in [-0.39, 0.29) is 32.1 Å². The van der Waals surface area contributed by atoms with E-state index in [0.29, 0.717) is 0 Å². The van der Waals surface area contributed by atoms with Crippen LogP contribution in [0, 0.1) is 0 Å². The highest BCUT2D eigenvalue weighted by Gasteiger charge is 2.60. The van der Waals surface area contributed by atoms with Gasteiger partial charge in [0.1, 0.15) is 24.1 Å². The predicted octanol–water partition coefficient (Wildman–Crippen LogP) is -3.00. The first-order valence-corrected chi connectivity index (χ1v) is 9.60. The molecule has 0 bridgehead atoms. The molecule has 152 valence electrons. The number of nitrogens with two attached hydrogens (primary N) is 1. The molecule has 14 heteroatoms. The van der Waals surface area contributed by atoms with Crippen molar-refractivity contribution >= 4 is 13.6 Å². The number of nitrogens with zero attached hydrogens (tertiary/aromatic N) is 3. The number of nitrogen functional groups attached to an aromatic ring is 1. The maximum Gasteiger partial charge on any atom is 0.469 e. The number of aliphatic hydroxyl groups is 2. The Morgan fingerprint density at radius 3 is 2.63 bits per heavy atom.